The SMILES string of the molecule is OC(=[OH+])c1ccc(Cl)cc1.[Zn]. The predicted molar refractivity (Wildman–Crippen MR) is 40.1 cm³/mol. The van der Waals surface area contributed by atoms with Crippen LogP contribution in [0.5, 0.6) is 0 Å². The second-order valence-corrected chi connectivity index (χ2v) is 2.27. The number of aliphatic hydroxyl groups excluding tert-OH is 1. The summed E-state index contributed by atoms with van der Waals surface area (Å²) in [6, 6.07) is 6.22. The van der Waals surface area contributed by atoms with Crippen molar-refractivity contribution in [2.75, 3.05) is 0 Å². The van der Waals surface area contributed by atoms with Crippen molar-refractivity contribution in [3.63, 3.8) is 0 Å². The molecule has 0 aromatic heterocycles. The van der Waals surface area contributed by atoms with Crippen LogP contribution in [0.3, 0.4) is 0 Å². The molecule has 1 aromatic rings. The van der Waals surface area contributed by atoms with Gasteiger partial charge in [0.1, 0.15) is 5.56 Å². The molecule has 0 unspecified atom stereocenters. The van der Waals surface area contributed by atoms with E-state index in [9.17, 15) is 0 Å². The van der Waals surface area contributed by atoms with E-state index in [1.165, 1.54) is 12.1 Å². The first-order valence-corrected chi connectivity index (χ1v) is 3.09. The first kappa shape index (κ1) is 10.6. The predicted octanol–water partition coefficient (Wildman–Crippen LogP) is 1.75. The third-order valence-corrected chi connectivity index (χ3v) is 1.35. The van der Waals surface area contributed by atoms with Gasteiger partial charge in [-0.2, -0.15) is 0 Å². The van der Waals surface area contributed by atoms with Crippen LogP contribution in [-0.4, -0.2) is 15.9 Å². The van der Waals surface area contributed by atoms with Crippen molar-refractivity contribution < 1.29 is 29.4 Å². The summed E-state index contributed by atoms with van der Waals surface area (Å²) >= 11 is 5.54. The average molecular weight is 223 g/mol. The summed E-state index contributed by atoms with van der Waals surface area (Å²) in [6.45, 7) is 0. The Kier molecular flexibility index (Phi) is 4.31. The van der Waals surface area contributed by atoms with E-state index in [2.05, 4.69) is 0 Å². The van der Waals surface area contributed by atoms with E-state index in [0.717, 1.165) is 0 Å². The summed E-state index contributed by atoms with van der Waals surface area (Å²) in [5.41, 5.74) is 0.365. The molecule has 2 nitrogen and oxygen atoms in total. The maximum Gasteiger partial charge on any atom is 0.515 e. The van der Waals surface area contributed by atoms with Crippen molar-refractivity contribution >= 4 is 17.6 Å². The molecule has 0 amide bonds. The quantitative estimate of drug-likeness (QED) is 0.571. The molecule has 2 N–H and O–H groups in total. The Labute approximate surface area is 81.9 Å². The van der Waals surface area contributed by atoms with Gasteiger partial charge in [0, 0.05) is 24.5 Å². The van der Waals surface area contributed by atoms with E-state index in [1.807, 2.05) is 0 Å². The second kappa shape index (κ2) is 4.47. The molecule has 54 valence electrons. The molecule has 0 heterocycles. The Bertz CT molecular complexity index is 245. The molecule has 0 atom stereocenters. The Hall–Kier alpha value is -0.397. The van der Waals surface area contributed by atoms with Crippen molar-refractivity contribution in [1.82, 2.24) is 0 Å². The number of benzene rings is 1. The zero-order valence-electron chi connectivity index (χ0n) is 5.79. The van der Waals surface area contributed by atoms with Gasteiger partial charge < -0.3 is 9.90 Å². The topological polar surface area (TPSA) is 41.6 Å². The molecule has 0 aliphatic heterocycles. The number of hydrogen-bond acceptors (Lipinski definition) is 0. The van der Waals surface area contributed by atoms with Crippen LogP contribution >= 0.6 is 11.6 Å². The van der Waals surface area contributed by atoms with Crippen LogP contribution in [0.2, 0.25) is 5.02 Å². The third-order valence-electron chi connectivity index (χ3n) is 1.10. The summed E-state index contributed by atoms with van der Waals surface area (Å²) in [6.07, 6.45) is 0. The zero-order chi connectivity index (χ0) is 7.56. The minimum Gasteiger partial charge on any atom is -0.335 e. The summed E-state index contributed by atoms with van der Waals surface area (Å²) in [7, 11) is 0. The first-order chi connectivity index (χ1) is 4.70. The third kappa shape index (κ3) is 3.00. The number of rotatable bonds is 1. The van der Waals surface area contributed by atoms with E-state index < -0.39 is 5.97 Å². The molecule has 11 heavy (non-hydrogen) atoms. The van der Waals surface area contributed by atoms with Gasteiger partial charge in [0.15, 0.2) is 0 Å². The van der Waals surface area contributed by atoms with Crippen LogP contribution in [0, 0.1) is 0 Å². The molecule has 1 rings (SSSR count). The maximum atomic E-state index is 8.54. The molecular weight excluding hydrogens is 217 g/mol. The number of aromatic carboxylic acids is 1. The molecule has 0 radical (unpaired) electrons. The van der Waals surface area contributed by atoms with Crippen molar-refractivity contribution in [3.05, 3.63) is 34.9 Å². The van der Waals surface area contributed by atoms with Crippen LogP contribution in [0.4, 0.5) is 0 Å². The van der Waals surface area contributed by atoms with Gasteiger partial charge in [0.2, 0.25) is 0 Å². The van der Waals surface area contributed by atoms with E-state index in [0.29, 0.717) is 10.6 Å². The van der Waals surface area contributed by atoms with E-state index in [1.54, 1.807) is 12.1 Å². The van der Waals surface area contributed by atoms with E-state index >= 15 is 0 Å². The molecule has 0 aliphatic rings. The van der Waals surface area contributed by atoms with Crippen LogP contribution in [0.25, 0.3) is 0 Å². The van der Waals surface area contributed by atoms with Gasteiger partial charge in [0.05, 0.1) is 0 Å². The summed E-state index contributed by atoms with van der Waals surface area (Å²) < 4.78 is 0. The molecule has 0 saturated carbocycles. The Morgan fingerprint density at radius 3 is 2.09 bits per heavy atom. The van der Waals surface area contributed by atoms with Gasteiger partial charge in [-0.3, -0.25) is 0 Å². The zero-order valence-corrected chi connectivity index (χ0v) is 9.51. The van der Waals surface area contributed by atoms with Gasteiger partial charge in [0.25, 0.3) is 0 Å². The van der Waals surface area contributed by atoms with Gasteiger partial charge >= 0.3 is 5.97 Å². The molecule has 1 aromatic carbocycles. The fourth-order valence-electron chi connectivity index (χ4n) is 0.599. The fraction of sp³-hybridized carbons (Fsp3) is 0. The van der Waals surface area contributed by atoms with Gasteiger partial charge in [-0.1, -0.05) is 11.6 Å². The summed E-state index contributed by atoms with van der Waals surface area (Å²) in [5.74, 6) is -0.684. The van der Waals surface area contributed by atoms with Crippen LogP contribution in [0.1, 0.15) is 5.56 Å². The number of carboxylic acid groups (broad SMARTS) is 1. The standard InChI is InChI=1S/C7H5ClO2.Zn/c8-6-3-1-5(2-4-6)7(9)10;/h1-4H,(H,9,10);/p+1. The fourth-order valence-corrected chi connectivity index (χ4v) is 0.725. The molecule has 0 fully saturated rings. The molecule has 0 spiro atoms. The summed E-state index contributed by atoms with van der Waals surface area (Å²) in [4.78, 5) is 8.54. The smallest absolute Gasteiger partial charge is 0.335 e. The number of carboxylic acids is 1. The van der Waals surface area contributed by atoms with Crippen molar-refractivity contribution in [2.24, 2.45) is 0 Å². The van der Waals surface area contributed by atoms with Gasteiger partial charge in [-0.15, -0.1) is 0 Å². The second-order valence-electron chi connectivity index (χ2n) is 1.83. The average Bonchev–Trinajstić information content (AvgIpc) is 1.88. The molecular formula is C7H6ClO2Zn+. The molecule has 0 bridgehead atoms. The minimum absolute atomic E-state index is 0. The van der Waals surface area contributed by atoms with Crippen molar-refractivity contribution in [1.29, 1.82) is 0 Å². The number of hydrogen-bond donors (Lipinski definition) is 1. The van der Waals surface area contributed by atoms with E-state index in [4.69, 9.17) is 21.5 Å². The monoisotopic (exact) mass is 221 g/mol. The normalized spacial score (nSPS) is 8.45. The summed E-state index contributed by atoms with van der Waals surface area (Å²) in [5, 5.41) is 9.12. The molecule has 4 heteroatoms. The van der Waals surface area contributed by atoms with Gasteiger partial charge in [-0.25, -0.2) is 0 Å². The van der Waals surface area contributed by atoms with Crippen LogP contribution in [-0.2, 0) is 19.5 Å². The largest absolute Gasteiger partial charge is 0.515 e. The van der Waals surface area contributed by atoms with Crippen molar-refractivity contribution in [2.45, 2.75) is 0 Å². The number of halogens is 1. The maximum absolute atomic E-state index is 8.54. The molecule has 0 saturated heterocycles. The van der Waals surface area contributed by atoms with Crippen LogP contribution < -0.4 is 0 Å². The first-order valence-electron chi connectivity index (χ1n) is 2.71. The van der Waals surface area contributed by atoms with E-state index in [-0.39, 0.29) is 19.5 Å². The minimum atomic E-state index is -0.684. The Balaban J connectivity index is 0.000001000. The van der Waals surface area contributed by atoms with Crippen LogP contribution in [0.15, 0.2) is 24.3 Å². The molecule has 0 aliphatic carbocycles. The Morgan fingerprint density at radius 2 is 1.73 bits per heavy atom. The Morgan fingerprint density at radius 1 is 1.27 bits per heavy atom. The van der Waals surface area contributed by atoms with Gasteiger partial charge in [-0.05, 0) is 24.3 Å². The van der Waals surface area contributed by atoms with Crippen molar-refractivity contribution in [3.8, 4) is 0 Å².